The smallest absolute Gasteiger partial charge is 0.323 e. The van der Waals surface area contributed by atoms with Crippen LogP contribution < -0.4 is 10.2 Å². The molecule has 0 unspecified atom stereocenters. The lowest BCUT2D eigenvalue weighted by Crippen LogP contribution is -2.50. The van der Waals surface area contributed by atoms with E-state index in [1.165, 1.54) is 5.56 Å². The third-order valence-electron chi connectivity index (χ3n) is 5.17. The molecule has 1 saturated heterocycles. The second-order valence-corrected chi connectivity index (χ2v) is 7.84. The van der Waals surface area contributed by atoms with Crippen LogP contribution in [0.5, 0.6) is 0 Å². The van der Waals surface area contributed by atoms with Gasteiger partial charge in [0.2, 0.25) is 0 Å². The van der Waals surface area contributed by atoms with Crippen molar-refractivity contribution < 1.29 is 4.79 Å². The largest absolute Gasteiger partial charge is 0.353 e. The summed E-state index contributed by atoms with van der Waals surface area (Å²) in [5.74, 6) is 1.40. The predicted octanol–water partition coefficient (Wildman–Crippen LogP) is 2.95. The van der Waals surface area contributed by atoms with Crippen LogP contribution in [-0.2, 0) is 6.54 Å². The van der Waals surface area contributed by atoms with E-state index in [4.69, 9.17) is 0 Å². The maximum atomic E-state index is 12.6. The highest BCUT2D eigenvalue weighted by Crippen LogP contribution is 2.18. The first kappa shape index (κ1) is 20.7. The zero-order valence-electron chi connectivity index (χ0n) is 17.9. The monoisotopic (exact) mass is 417 g/mol. The van der Waals surface area contributed by atoms with Crippen LogP contribution in [0.4, 0.5) is 16.4 Å². The molecule has 8 heteroatoms. The predicted molar refractivity (Wildman–Crippen MR) is 122 cm³/mol. The van der Waals surface area contributed by atoms with Crippen LogP contribution in [0.3, 0.4) is 0 Å². The summed E-state index contributed by atoms with van der Waals surface area (Å²) in [6, 6.07) is 17.5. The number of piperazine rings is 1. The molecular formula is C23H27N7O. The number of carbonyl (C=O) groups excluding carboxylic acids is 1. The third kappa shape index (κ3) is 5.35. The van der Waals surface area contributed by atoms with Crippen molar-refractivity contribution >= 4 is 17.7 Å². The van der Waals surface area contributed by atoms with E-state index in [0.29, 0.717) is 18.9 Å². The summed E-state index contributed by atoms with van der Waals surface area (Å²) < 4.78 is 0. The number of rotatable bonds is 5. The number of carbonyl (C=O) groups is 1. The van der Waals surface area contributed by atoms with Crippen LogP contribution in [0, 0.1) is 0 Å². The zero-order valence-corrected chi connectivity index (χ0v) is 17.9. The maximum Gasteiger partial charge on any atom is 0.323 e. The molecule has 2 amide bonds. The summed E-state index contributed by atoms with van der Waals surface area (Å²) >= 11 is 0. The molecule has 1 aromatic carbocycles. The summed E-state index contributed by atoms with van der Waals surface area (Å²) in [7, 11) is 4.09. The summed E-state index contributed by atoms with van der Waals surface area (Å²) in [4.78, 5) is 23.3. The van der Waals surface area contributed by atoms with Gasteiger partial charge in [0.25, 0.3) is 0 Å². The number of hydrogen-bond donors (Lipinski definition) is 1. The SMILES string of the molecule is CN(C)Cc1ccc(N2CCN(C(=O)Nc3ccc(-c4ccccc4)nn3)CC2)nc1. The Morgan fingerprint density at radius 1 is 0.968 bits per heavy atom. The Morgan fingerprint density at radius 2 is 1.74 bits per heavy atom. The Labute approximate surface area is 182 Å². The number of anilines is 2. The number of benzene rings is 1. The van der Waals surface area contributed by atoms with Crippen molar-refractivity contribution in [3.05, 3.63) is 66.4 Å². The van der Waals surface area contributed by atoms with E-state index in [-0.39, 0.29) is 6.03 Å². The van der Waals surface area contributed by atoms with Crippen LogP contribution in [0.2, 0.25) is 0 Å². The van der Waals surface area contributed by atoms with Gasteiger partial charge in [-0.25, -0.2) is 9.78 Å². The van der Waals surface area contributed by atoms with E-state index in [0.717, 1.165) is 36.7 Å². The average molecular weight is 418 g/mol. The van der Waals surface area contributed by atoms with Crippen molar-refractivity contribution in [2.75, 3.05) is 50.5 Å². The van der Waals surface area contributed by atoms with Gasteiger partial charge >= 0.3 is 6.03 Å². The molecule has 0 bridgehead atoms. The van der Waals surface area contributed by atoms with Crippen LogP contribution in [-0.4, -0.2) is 71.3 Å². The van der Waals surface area contributed by atoms with Gasteiger partial charge in [-0.2, -0.15) is 0 Å². The Bertz CT molecular complexity index is 983. The fraction of sp³-hybridized carbons (Fsp3) is 0.304. The highest BCUT2D eigenvalue weighted by Gasteiger charge is 2.22. The average Bonchev–Trinajstić information content (AvgIpc) is 2.80. The van der Waals surface area contributed by atoms with E-state index in [2.05, 4.69) is 42.4 Å². The summed E-state index contributed by atoms with van der Waals surface area (Å²) in [5.41, 5.74) is 2.95. The summed E-state index contributed by atoms with van der Waals surface area (Å²) in [6.45, 7) is 3.61. The number of amides is 2. The third-order valence-corrected chi connectivity index (χ3v) is 5.17. The quantitative estimate of drug-likeness (QED) is 0.688. The molecule has 3 heterocycles. The molecule has 0 saturated carbocycles. The van der Waals surface area contributed by atoms with Crippen LogP contribution >= 0.6 is 0 Å². The molecule has 1 N–H and O–H groups in total. The first-order chi connectivity index (χ1) is 15.1. The van der Waals surface area contributed by atoms with E-state index in [9.17, 15) is 4.79 Å². The van der Waals surface area contributed by atoms with Crippen molar-refractivity contribution in [3.63, 3.8) is 0 Å². The van der Waals surface area contributed by atoms with Gasteiger partial charge < -0.3 is 14.7 Å². The Balaban J connectivity index is 1.29. The molecule has 2 aromatic heterocycles. The molecule has 0 atom stereocenters. The van der Waals surface area contributed by atoms with Crippen molar-refractivity contribution in [2.24, 2.45) is 0 Å². The van der Waals surface area contributed by atoms with Crippen molar-refractivity contribution in [1.82, 2.24) is 25.0 Å². The van der Waals surface area contributed by atoms with E-state index in [1.54, 1.807) is 11.0 Å². The Kier molecular flexibility index (Phi) is 6.37. The van der Waals surface area contributed by atoms with E-state index in [1.807, 2.05) is 56.7 Å². The first-order valence-corrected chi connectivity index (χ1v) is 10.4. The number of urea groups is 1. The maximum absolute atomic E-state index is 12.6. The molecule has 8 nitrogen and oxygen atoms in total. The number of aromatic nitrogens is 3. The molecule has 4 rings (SSSR count). The molecule has 1 aliphatic heterocycles. The van der Waals surface area contributed by atoms with Crippen molar-refractivity contribution in [1.29, 1.82) is 0 Å². The minimum atomic E-state index is -0.157. The van der Waals surface area contributed by atoms with Gasteiger partial charge in [-0.3, -0.25) is 5.32 Å². The minimum Gasteiger partial charge on any atom is -0.353 e. The van der Waals surface area contributed by atoms with Gasteiger partial charge in [-0.15, -0.1) is 10.2 Å². The van der Waals surface area contributed by atoms with E-state index >= 15 is 0 Å². The molecule has 0 radical (unpaired) electrons. The van der Waals surface area contributed by atoms with Gasteiger partial charge in [0.15, 0.2) is 5.82 Å². The molecule has 3 aromatic rings. The molecule has 0 aliphatic carbocycles. The van der Waals surface area contributed by atoms with Gasteiger partial charge in [0.1, 0.15) is 5.82 Å². The van der Waals surface area contributed by atoms with Gasteiger partial charge in [-0.05, 0) is 37.9 Å². The molecular weight excluding hydrogens is 390 g/mol. The molecule has 160 valence electrons. The molecule has 31 heavy (non-hydrogen) atoms. The zero-order chi connectivity index (χ0) is 21.6. The second-order valence-electron chi connectivity index (χ2n) is 7.84. The van der Waals surface area contributed by atoms with Crippen molar-refractivity contribution in [2.45, 2.75) is 6.54 Å². The van der Waals surface area contributed by atoms with Gasteiger partial charge in [0, 0.05) is 44.5 Å². The first-order valence-electron chi connectivity index (χ1n) is 10.4. The number of hydrogen-bond acceptors (Lipinski definition) is 6. The number of nitrogens with one attached hydrogen (secondary N) is 1. The van der Waals surface area contributed by atoms with Gasteiger partial charge in [0.05, 0.1) is 5.69 Å². The minimum absolute atomic E-state index is 0.157. The van der Waals surface area contributed by atoms with Crippen LogP contribution in [0.25, 0.3) is 11.3 Å². The normalized spacial score (nSPS) is 14.0. The number of nitrogens with zero attached hydrogens (tertiary/aromatic N) is 6. The second kappa shape index (κ2) is 9.53. The molecule has 1 fully saturated rings. The molecule has 1 aliphatic rings. The van der Waals surface area contributed by atoms with Crippen LogP contribution in [0.15, 0.2) is 60.8 Å². The highest BCUT2D eigenvalue weighted by atomic mass is 16.2. The number of pyridine rings is 1. The summed E-state index contributed by atoms with van der Waals surface area (Å²) in [6.07, 6.45) is 1.92. The lowest BCUT2D eigenvalue weighted by atomic mass is 10.1. The Morgan fingerprint density at radius 3 is 2.35 bits per heavy atom. The standard InChI is InChI=1S/C23H27N7O/c1-28(2)17-18-8-11-22(24-16-18)29-12-14-30(15-13-29)23(31)25-21-10-9-20(26-27-21)19-6-4-3-5-7-19/h3-11,16H,12-15,17H2,1-2H3,(H,25,27,31). The lowest BCUT2D eigenvalue weighted by molar-refractivity contribution is 0.208. The lowest BCUT2D eigenvalue weighted by Gasteiger charge is -2.35. The topological polar surface area (TPSA) is 77.5 Å². The van der Waals surface area contributed by atoms with Gasteiger partial charge in [-0.1, -0.05) is 36.4 Å². The highest BCUT2D eigenvalue weighted by molar-refractivity contribution is 5.88. The van der Waals surface area contributed by atoms with Crippen LogP contribution in [0.1, 0.15) is 5.56 Å². The fourth-order valence-corrected chi connectivity index (χ4v) is 3.55. The summed E-state index contributed by atoms with van der Waals surface area (Å²) in [5, 5.41) is 11.2. The molecule has 0 spiro atoms. The van der Waals surface area contributed by atoms with Crippen molar-refractivity contribution in [3.8, 4) is 11.3 Å². The van der Waals surface area contributed by atoms with E-state index < -0.39 is 0 Å². The fourth-order valence-electron chi connectivity index (χ4n) is 3.55. The Hall–Kier alpha value is -3.52.